The number of rotatable bonds is 1. The van der Waals surface area contributed by atoms with Crippen LogP contribution < -0.4 is 5.32 Å². The Morgan fingerprint density at radius 2 is 1.38 bits per heavy atom. The zero-order valence-electron chi connectivity index (χ0n) is 15.4. The first-order chi connectivity index (χ1) is 11.5. The van der Waals surface area contributed by atoms with Crippen molar-refractivity contribution in [2.75, 3.05) is 5.32 Å². The van der Waals surface area contributed by atoms with Gasteiger partial charge in [0.1, 0.15) is 0 Å². The van der Waals surface area contributed by atoms with Crippen LogP contribution in [0, 0.1) is 40.5 Å². The van der Waals surface area contributed by atoms with Crippen molar-refractivity contribution >= 4 is 5.69 Å². The summed E-state index contributed by atoms with van der Waals surface area (Å²) in [5.74, 6) is 1.17. The van der Waals surface area contributed by atoms with Gasteiger partial charge in [-0.3, -0.25) is 0 Å². The molecule has 4 rings (SSSR count). The molecule has 1 nitrogen and oxygen atoms in total. The van der Waals surface area contributed by atoms with Crippen molar-refractivity contribution in [3.05, 3.63) is 75.4 Å². The Balaban J connectivity index is 1.88. The number of anilines is 1. The molecule has 0 radical (unpaired) electrons. The molecule has 1 heterocycles. The first-order valence-electron chi connectivity index (χ1n) is 9.08. The Labute approximate surface area is 145 Å². The minimum atomic E-state index is 0.402. The highest BCUT2D eigenvalue weighted by molar-refractivity contribution is 5.64. The van der Waals surface area contributed by atoms with Crippen molar-refractivity contribution < 1.29 is 0 Å². The molecule has 0 saturated carbocycles. The maximum absolute atomic E-state index is 3.93. The molecule has 124 valence electrons. The molecular formula is C23H27N. The Kier molecular flexibility index (Phi) is 3.56. The predicted molar refractivity (Wildman–Crippen MR) is 103 cm³/mol. The Bertz CT molecular complexity index is 820. The van der Waals surface area contributed by atoms with Gasteiger partial charge in [-0.2, -0.15) is 0 Å². The van der Waals surface area contributed by atoms with Gasteiger partial charge >= 0.3 is 0 Å². The third-order valence-electron chi connectivity index (χ3n) is 5.87. The Morgan fingerprint density at radius 3 is 2.04 bits per heavy atom. The van der Waals surface area contributed by atoms with Gasteiger partial charge in [0, 0.05) is 11.6 Å². The van der Waals surface area contributed by atoms with Crippen LogP contribution in [-0.4, -0.2) is 0 Å². The van der Waals surface area contributed by atoms with E-state index in [1.54, 1.807) is 0 Å². The lowest BCUT2D eigenvalue weighted by atomic mass is 9.74. The number of benzene rings is 2. The minimum absolute atomic E-state index is 0.402. The van der Waals surface area contributed by atoms with Crippen molar-refractivity contribution in [3.8, 4) is 0 Å². The lowest BCUT2D eigenvalue weighted by Gasteiger charge is -2.40. The van der Waals surface area contributed by atoms with Crippen LogP contribution >= 0.6 is 0 Å². The largest absolute Gasteiger partial charge is 0.378 e. The Morgan fingerprint density at radius 1 is 0.792 bits per heavy atom. The molecule has 0 spiro atoms. The lowest BCUT2D eigenvalue weighted by molar-refractivity contribution is 0.422. The summed E-state index contributed by atoms with van der Waals surface area (Å²) in [7, 11) is 0. The third kappa shape index (κ3) is 2.30. The SMILES string of the molecule is Cc1cc(C)c(C2Nc3cc(C)cc(C)c3C3C=CCC32)c(C)c1. The van der Waals surface area contributed by atoms with Crippen LogP contribution in [0.4, 0.5) is 5.69 Å². The molecule has 2 aromatic rings. The molecule has 1 aliphatic carbocycles. The van der Waals surface area contributed by atoms with E-state index in [1.807, 2.05) is 0 Å². The van der Waals surface area contributed by atoms with Gasteiger partial charge in [-0.15, -0.1) is 0 Å². The van der Waals surface area contributed by atoms with Crippen molar-refractivity contribution in [2.24, 2.45) is 5.92 Å². The fourth-order valence-electron chi connectivity index (χ4n) is 5.11. The second kappa shape index (κ2) is 5.51. The molecule has 1 aliphatic heterocycles. The van der Waals surface area contributed by atoms with E-state index in [9.17, 15) is 0 Å². The summed E-state index contributed by atoms with van der Waals surface area (Å²) in [6.45, 7) is 11.2. The maximum Gasteiger partial charge on any atom is 0.0559 e. The van der Waals surface area contributed by atoms with Crippen LogP contribution in [0.15, 0.2) is 36.4 Å². The highest BCUT2D eigenvalue weighted by Crippen LogP contribution is 2.51. The van der Waals surface area contributed by atoms with Crippen LogP contribution in [0.1, 0.15) is 57.3 Å². The smallest absolute Gasteiger partial charge is 0.0559 e. The number of allylic oxidation sites excluding steroid dienone is 2. The van der Waals surface area contributed by atoms with Gasteiger partial charge in [0.05, 0.1) is 6.04 Å². The van der Waals surface area contributed by atoms with Crippen LogP contribution in [0.2, 0.25) is 0 Å². The number of nitrogens with one attached hydrogen (secondary N) is 1. The summed E-state index contributed by atoms with van der Waals surface area (Å²) >= 11 is 0. The van der Waals surface area contributed by atoms with E-state index in [0.29, 0.717) is 17.9 Å². The lowest BCUT2D eigenvalue weighted by Crippen LogP contribution is -2.30. The van der Waals surface area contributed by atoms with Gasteiger partial charge < -0.3 is 5.32 Å². The predicted octanol–water partition coefficient (Wildman–Crippen LogP) is 6.06. The molecule has 1 N–H and O–H groups in total. The molecule has 0 amide bonds. The second-order valence-corrected chi connectivity index (χ2v) is 7.83. The van der Waals surface area contributed by atoms with Crippen LogP contribution in [0.5, 0.6) is 0 Å². The molecule has 2 aromatic carbocycles. The van der Waals surface area contributed by atoms with Crippen LogP contribution in [-0.2, 0) is 0 Å². The van der Waals surface area contributed by atoms with Gasteiger partial charge in [0.2, 0.25) is 0 Å². The molecule has 0 aromatic heterocycles. The van der Waals surface area contributed by atoms with Gasteiger partial charge in [-0.25, -0.2) is 0 Å². The highest BCUT2D eigenvalue weighted by Gasteiger charge is 2.39. The molecular weight excluding hydrogens is 290 g/mol. The van der Waals surface area contributed by atoms with E-state index in [2.05, 4.69) is 76.4 Å². The maximum atomic E-state index is 3.93. The topological polar surface area (TPSA) is 12.0 Å². The third-order valence-corrected chi connectivity index (χ3v) is 5.87. The van der Waals surface area contributed by atoms with Crippen molar-refractivity contribution in [2.45, 2.75) is 53.0 Å². The summed E-state index contributed by atoms with van der Waals surface area (Å²) in [5, 5.41) is 3.93. The summed E-state index contributed by atoms with van der Waals surface area (Å²) in [6.07, 6.45) is 6.00. The molecule has 1 heteroatoms. The fourth-order valence-corrected chi connectivity index (χ4v) is 5.11. The van der Waals surface area contributed by atoms with E-state index in [0.717, 1.165) is 0 Å². The summed E-state index contributed by atoms with van der Waals surface area (Å²) in [5.41, 5.74) is 11.3. The fraction of sp³-hybridized carbons (Fsp3) is 0.391. The van der Waals surface area contributed by atoms with Crippen LogP contribution in [0.3, 0.4) is 0 Å². The quantitative estimate of drug-likeness (QED) is 0.631. The van der Waals surface area contributed by atoms with E-state index in [4.69, 9.17) is 0 Å². The first-order valence-corrected chi connectivity index (χ1v) is 9.08. The van der Waals surface area contributed by atoms with Crippen molar-refractivity contribution in [1.29, 1.82) is 0 Å². The summed E-state index contributed by atoms with van der Waals surface area (Å²) in [4.78, 5) is 0. The molecule has 0 saturated heterocycles. The number of fused-ring (bicyclic) bond motifs is 3. The van der Waals surface area contributed by atoms with Gasteiger partial charge in [0.25, 0.3) is 0 Å². The summed E-state index contributed by atoms with van der Waals surface area (Å²) < 4.78 is 0. The van der Waals surface area contributed by atoms with Crippen molar-refractivity contribution in [1.82, 2.24) is 0 Å². The van der Waals surface area contributed by atoms with E-state index >= 15 is 0 Å². The molecule has 3 unspecified atom stereocenters. The summed E-state index contributed by atoms with van der Waals surface area (Å²) in [6, 6.07) is 9.72. The van der Waals surface area contributed by atoms with E-state index in [1.165, 1.54) is 51.1 Å². The minimum Gasteiger partial charge on any atom is -0.378 e. The second-order valence-electron chi connectivity index (χ2n) is 7.83. The van der Waals surface area contributed by atoms with Gasteiger partial charge in [-0.05, 0) is 86.4 Å². The van der Waals surface area contributed by atoms with Crippen molar-refractivity contribution in [3.63, 3.8) is 0 Å². The number of hydrogen-bond acceptors (Lipinski definition) is 1. The molecule has 2 aliphatic rings. The normalized spacial score (nSPS) is 24.5. The molecule has 0 bridgehead atoms. The zero-order valence-corrected chi connectivity index (χ0v) is 15.4. The zero-order chi connectivity index (χ0) is 17.0. The van der Waals surface area contributed by atoms with E-state index < -0.39 is 0 Å². The highest BCUT2D eigenvalue weighted by atomic mass is 15.0. The number of aryl methyl sites for hydroxylation is 5. The first kappa shape index (κ1) is 15.5. The van der Waals surface area contributed by atoms with Gasteiger partial charge in [0.15, 0.2) is 0 Å². The average molecular weight is 317 g/mol. The van der Waals surface area contributed by atoms with Gasteiger partial charge in [-0.1, -0.05) is 35.9 Å². The average Bonchev–Trinajstić information content (AvgIpc) is 2.94. The molecule has 3 atom stereocenters. The molecule has 24 heavy (non-hydrogen) atoms. The molecule has 0 fully saturated rings. The monoisotopic (exact) mass is 317 g/mol. The van der Waals surface area contributed by atoms with Crippen LogP contribution in [0.25, 0.3) is 0 Å². The number of hydrogen-bond donors (Lipinski definition) is 1. The Hall–Kier alpha value is -2.02. The van der Waals surface area contributed by atoms with E-state index in [-0.39, 0.29) is 0 Å². The standard InChI is InChI=1S/C23H27N/c1-13-9-15(3)21(16(4)10-13)23-19-8-6-7-18(19)22-17(5)11-14(2)12-20(22)24-23/h6-7,9-12,18-19,23-24H,8H2,1-5H3.